The number of hydrogen-bond acceptors (Lipinski definition) is 0. The van der Waals surface area contributed by atoms with Gasteiger partial charge in [0.15, 0.2) is 0 Å². The smallest absolute Gasteiger partial charge is 0.0286 e. The molecule has 0 spiro atoms. The van der Waals surface area contributed by atoms with Crippen LogP contribution in [-0.2, 0) is 0 Å². The van der Waals surface area contributed by atoms with E-state index >= 15 is 0 Å². The first-order chi connectivity index (χ1) is 7.56. The van der Waals surface area contributed by atoms with Crippen molar-refractivity contribution >= 4 is 0 Å². The lowest BCUT2D eigenvalue weighted by Crippen LogP contribution is -2.24. The van der Waals surface area contributed by atoms with Gasteiger partial charge in [0.25, 0.3) is 0 Å². The Hall–Kier alpha value is -0.440. The van der Waals surface area contributed by atoms with E-state index in [1.54, 1.807) is 0 Å². The van der Waals surface area contributed by atoms with Gasteiger partial charge in [0.1, 0.15) is 0 Å². The van der Waals surface area contributed by atoms with Gasteiger partial charge in [0.2, 0.25) is 0 Å². The summed E-state index contributed by atoms with van der Waals surface area (Å²) in [6.07, 6.45) is 9.55. The van der Waals surface area contributed by atoms with Crippen LogP contribution in [0.2, 0.25) is 0 Å². The molecular formula is C16H28. The molecule has 16 heavy (non-hydrogen) atoms. The lowest BCUT2D eigenvalue weighted by Gasteiger charge is -2.33. The molecule has 0 heterocycles. The van der Waals surface area contributed by atoms with Crippen molar-refractivity contribution in [2.24, 2.45) is 17.3 Å². The maximum Gasteiger partial charge on any atom is 0.0286 e. The summed E-state index contributed by atoms with van der Waals surface area (Å²) in [6, 6.07) is 0. The summed E-state index contributed by atoms with van der Waals surface area (Å²) in [5.74, 6) is 8.45. The molecule has 92 valence electrons. The second-order valence-corrected chi connectivity index (χ2v) is 6.02. The fourth-order valence-electron chi connectivity index (χ4n) is 2.74. The highest BCUT2D eigenvalue weighted by molar-refractivity contribution is 5.12. The normalized spacial score (nSPS) is 20.0. The fraction of sp³-hybridized carbons (Fsp3) is 0.875. The van der Waals surface area contributed by atoms with Crippen molar-refractivity contribution in [3.63, 3.8) is 0 Å². The highest BCUT2D eigenvalue weighted by Crippen LogP contribution is 2.37. The second-order valence-electron chi connectivity index (χ2n) is 6.02. The minimum Gasteiger partial charge on any atom is -0.0996 e. The van der Waals surface area contributed by atoms with E-state index in [9.17, 15) is 0 Å². The van der Waals surface area contributed by atoms with E-state index in [1.807, 2.05) is 0 Å². The molecule has 1 aliphatic rings. The zero-order valence-electron chi connectivity index (χ0n) is 11.6. The third-order valence-corrected chi connectivity index (χ3v) is 3.99. The van der Waals surface area contributed by atoms with Crippen LogP contribution in [0, 0.1) is 29.1 Å². The van der Waals surface area contributed by atoms with Gasteiger partial charge in [-0.05, 0) is 39.0 Å². The molecule has 0 N–H and O–H groups in total. The molecule has 1 atom stereocenters. The van der Waals surface area contributed by atoms with Crippen LogP contribution in [0.4, 0.5) is 0 Å². The van der Waals surface area contributed by atoms with Crippen LogP contribution in [0.5, 0.6) is 0 Å². The van der Waals surface area contributed by atoms with Crippen LogP contribution >= 0.6 is 0 Å². The van der Waals surface area contributed by atoms with Gasteiger partial charge in [-0.1, -0.05) is 51.4 Å². The standard InChI is InChI=1S/C16H28/c1-5-9-14(2)12-13-16(3,4)15-10-7-6-8-11-15/h14-15H,5-11H2,1-4H3. The molecule has 1 aliphatic carbocycles. The van der Waals surface area contributed by atoms with E-state index in [0.29, 0.717) is 5.92 Å². The van der Waals surface area contributed by atoms with Crippen molar-refractivity contribution in [2.45, 2.75) is 72.6 Å². The zero-order chi connectivity index (χ0) is 12.0. The highest BCUT2D eigenvalue weighted by atomic mass is 14.3. The minimum atomic E-state index is 0.239. The molecule has 1 fully saturated rings. The maximum atomic E-state index is 3.56. The van der Waals surface area contributed by atoms with E-state index < -0.39 is 0 Å². The molecular weight excluding hydrogens is 192 g/mol. The average molecular weight is 220 g/mol. The summed E-state index contributed by atoms with van der Waals surface area (Å²) < 4.78 is 0. The largest absolute Gasteiger partial charge is 0.0996 e. The average Bonchev–Trinajstić information content (AvgIpc) is 2.28. The van der Waals surface area contributed by atoms with E-state index in [-0.39, 0.29) is 5.41 Å². The summed E-state index contributed by atoms with van der Waals surface area (Å²) in [5.41, 5.74) is 0.239. The predicted octanol–water partition coefficient (Wildman–Crippen LogP) is 5.03. The Kier molecular flexibility index (Phi) is 5.39. The van der Waals surface area contributed by atoms with Crippen LogP contribution in [0.25, 0.3) is 0 Å². The summed E-state index contributed by atoms with van der Waals surface area (Å²) in [4.78, 5) is 0. The summed E-state index contributed by atoms with van der Waals surface area (Å²) in [7, 11) is 0. The molecule has 1 unspecified atom stereocenters. The first kappa shape index (κ1) is 13.6. The van der Waals surface area contributed by atoms with E-state index in [1.165, 1.54) is 44.9 Å². The highest BCUT2D eigenvalue weighted by Gasteiger charge is 2.28. The lowest BCUT2D eigenvalue weighted by molar-refractivity contribution is 0.220. The van der Waals surface area contributed by atoms with E-state index in [0.717, 1.165) is 5.92 Å². The number of hydrogen-bond donors (Lipinski definition) is 0. The van der Waals surface area contributed by atoms with Crippen LogP contribution in [-0.4, -0.2) is 0 Å². The molecule has 0 aromatic heterocycles. The molecule has 1 rings (SSSR count). The molecule has 0 heteroatoms. The number of rotatable bonds is 3. The van der Waals surface area contributed by atoms with Gasteiger partial charge in [-0.25, -0.2) is 0 Å². The lowest BCUT2D eigenvalue weighted by atomic mass is 9.71. The summed E-state index contributed by atoms with van der Waals surface area (Å²) in [5, 5.41) is 0. The Morgan fingerprint density at radius 1 is 1.19 bits per heavy atom. The molecule has 0 aliphatic heterocycles. The first-order valence-electron chi connectivity index (χ1n) is 7.09. The van der Waals surface area contributed by atoms with Gasteiger partial charge >= 0.3 is 0 Å². The van der Waals surface area contributed by atoms with Gasteiger partial charge in [-0.2, -0.15) is 0 Å². The Bertz CT molecular complexity index is 245. The van der Waals surface area contributed by atoms with Crippen LogP contribution in [0.3, 0.4) is 0 Å². The minimum absolute atomic E-state index is 0.239. The maximum absolute atomic E-state index is 3.56. The molecule has 0 radical (unpaired) electrons. The van der Waals surface area contributed by atoms with Gasteiger partial charge < -0.3 is 0 Å². The molecule has 0 nitrogen and oxygen atoms in total. The van der Waals surface area contributed by atoms with Gasteiger partial charge in [0, 0.05) is 11.3 Å². The Labute approximate surface area is 102 Å². The van der Waals surface area contributed by atoms with Crippen molar-refractivity contribution < 1.29 is 0 Å². The van der Waals surface area contributed by atoms with Crippen LogP contribution in [0.15, 0.2) is 0 Å². The van der Waals surface area contributed by atoms with Gasteiger partial charge in [-0.15, -0.1) is 0 Å². The Morgan fingerprint density at radius 2 is 1.81 bits per heavy atom. The van der Waals surface area contributed by atoms with E-state index in [2.05, 4.69) is 39.5 Å². The zero-order valence-corrected chi connectivity index (χ0v) is 11.6. The van der Waals surface area contributed by atoms with Gasteiger partial charge in [0.05, 0.1) is 0 Å². The third-order valence-electron chi connectivity index (χ3n) is 3.99. The summed E-state index contributed by atoms with van der Waals surface area (Å²) >= 11 is 0. The molecule has 0 aromatic carbocycles. The quantitative estimate of drug-likeness (QED) is 0.585. The first-order valence-corrected chi connectivity index (χ1v) is 7.09. The fourth-order valence-corrected chi connectivity index (χ4v) is 2.74. The molecule has 0 bridgehead atoms. The SMILES string of the molecule is CCCC(C)C#CC(C)(C)C1CCCCC1. The third kappa shape index (κ3) is 4.20. The Morgan fingerprint density at radius 3 is 2.38 bits per heavy atom. The van der Waals surface area contributed by atoms with Crippen molar-refractivity contribution in [3.05, 3.63) is 0 Å². The van der Waals surface area contributed by atoms with Crippen molar-refractivity contribution in [1.82, 2.24) is 0 Å². The van der Waals surface area contributed by atoms with Crippen molar-refractivity contribution in [1.29, 1.82) is 0 Å². The molecule has 0 saturated heterocycles. The second kappa shape index (κ2) is 6.33. The van der Waals surface area contributed by atoms with Gasteiger partial charge in [-0.3, -0.25) is 0 Å². The summed E-state index contributed by atoms with van der Waals surface area (Å²) in [6.45, 7) is 9.18. The monoisotopic (exact) mass is 220 g/mol. The topological polar surface area (TPSA) is 0 Å². The Balaban J connectivity index is 2.54. The van der Waals surface area contributed by atoms with E-state index in [4.69, 9.17) is 0 Å². The molecule has 0 aromatic rings. The molecule has 1 saturated carbocycles. The van der Waals surface area contributed by atoms with Crippen molar-refractivity contribution in [2.75, 3.05) is 0 Å². The van der Waals surface area contributed by atoms with Crippen molar-refractivity contribution in [3.8, 4) is 11.8 Å². The predicted molar refractivity (Wildman–Crippen MR) is 72.2 cm³/mol. The molecule has 0 amide bonds. The van der Waals surface area contributed by atoms with Crippen LogP contribution in [0.1, 0.15) is 72.6 Å². The van der Waals surface area contributed by atoms with Crippen LogP contribution < -0.4 is 0 Å².